The van der Waals surface area contributed by atoms with Crippen LogP contribution in [-0.4, -0.2) is 30.9 Å². The molecule has 104 valence electrons. The van der Waals surface area contributed by atoms with Gasteiger partial charge in [-0.05, 0) is 57.8 Å². The standard InChI is InChI=1S/C16H24N2O/c1-12-6-7-15(13(2)9-12)17-16(19)10-14-5-4-8-18(3)11-14/h6-7,9,14H,4-5,8,10-11H2,1-3H3,(H,17,19). The number of aryl methyl sites for hydroxylation is 2. The van der Waals surface area contributed by atoms with Crippen LogP contribution < -0.4 is 5.32 Å². The van der Waals surface area contributed by atoms with Crippen LogP contribution >= 0.6 is 0 Å². The number of piperidine rings is 1. The molecule has 19 heavy (non-hydrogen) atoms. The minimum Gasteiger partial charge on any atom is -0.326 e. The van der Waals surface area contributed by atoms with Gasteiger partial charge in [0.05, 0.1) is 0 Å². The summed E-state index contributed by atoms with van der Waals surface area (Å²) in [5.74, 6) is 0.650. The molecule has 1 aromatic rings. The lowest BCUT2D eigenvalue weighted by Gasteiger charge is -2.29. The monoisotopic (exact) mass is 260 g/mol. The zero-order valence-corrected chi connectivity index (χ0v) is 12.2. The largest absolute Gasteiger partial charge is 0.326 e. The zero-order chi connectivity index (χ0) is 13.8. The van der Waals surface area contributed by atoms with E-state index >= 15 is 0 Å². The molecule has 1 aliphatic rings. The van der Waals surface area contributed by atoms with Crippen molar-refractivity contribution in [2.45, 2.75) is 33.1 Å². The number of nitrogens with one attached hydrogen (secondary N) is 1. The Bertz CT molecular complexity index is 456. The summed E-state index contributed by atoms with van der Waals surface area (Å²) in [7, 11) is 2.13. The number of nitrogens with zero attached hydrogens (tertiary/aromatic N) is 1. The molecule has 0 aromatic heterocycles. The molecule has 0 radical (unpaired) electrons. The fraction of sp³-hybridized carbons (Fsp3) is 0.562. The van der Waals surface area contributed by atoms with Gasteiger partial charge in [0.25, 0.3) is 0 Å². The molecule has 0 spiro atoms. The predicted molar refractivity (Wildman–Crippen MR) is 79.4 cm³/mol. The zero-order valence-electron chi connectivity index (χ0n) is 12.2. The van der Waals surface area contributed by atoms with Crippen molar-refractivity contribution in [1.29, 1.82) is 0 Å². The minimum absolute atomic E-state index is 0.146. The summed E-state index contributed by atoms with van der Waals surface area (Å²) in [5, 5.41) is 3.04. The van der Waals surface area contributed by atoms with Gasteiger partial charge in [-0.1, -0.05) is 17.7 Å². The van der Waals surface area contributed by atoms with Crippen LogP contribution in [0.1, 0.15) is 30.4 Å². The maximum atomic E-state index is 12.1. The van der Waals surface area contributed by atoms with E-state index in [1.165, 1.54) is 18.4 Å². The third-order valence-corrected chi connectivity index (χ3v) is 3.85. The SMILES string of the molecule is Cc1ccc(NC(=O)CC2CCCN(C)C2)c(C)c1. The van der Waals surface area contributed by atoms with Crippen LogP contribution in [0, 0.1) is 19.8 Å². The summed E-state index contributed by atoms with van der Waals surface area (Å²) in [6.45, 7) is 6.31. The molecule has 1 aromatic carbocycles. The second-order valence-corrected chi connectivity index (χ2v) is 5.84. The maximum Gasteiger partial charge on any atom is 0.224 e. The fourth-order valence-corrected chi connectivity index (χ4v) is 2.86. The van der Waals surface area contributed by atoms with Gasteiger partial charge in [-0.15, -0.1) is 0 Å². The number of hydrogen-bond donors (Lipinski definition) is 1. The van der Waals surface area contributed by atoms with Crippen LogP contribution in [0.4, 0.5) is 5.69 Å². The molecule has 1 unspecified atom stereocenters. The lowest BCUT2D eigenvalue weighted by molar-refractivity contribution is -0.117. The van der Waals surface area contributed by atoms with Gasteiger partial charge < -0.3 is 10.2 Å². The third-order valence-electron chi connectivity index (χ3n) is 3.85. The summed E-state index contributed by atoms with van der Waals surface area (Å²) < 4.78 is 0. The van der Waals surface area contributed by atoms with Gasteiger partial charge >= 0.3 is 0 Å². The highest BCUT2D eigenvalue weighted by Crippen LogP contribution is 2.21. The van der Waals surface area contributed by atoms with E-state index in [9.17, 15) is 4.79 Å². The molecule has 0 bridgehead atoms. The number of carbonyl (C=O) groups excluding carboxylic acids is 1. The van der Waals surface area contributed by atoms with E-state index < -0.39 is 0 Å². The van der Waals surface area contributed by atoms with E-state index in [-0.39, 0.29) is 5.91 Å². The number of anilines is 1. The van der Waals surface area contributed by atoms with Crippen molar-refractivity contribution in [3.63, 3.8) is 0 Å². The van der Waals surface area contributed by atoms with Gasteiger partial charge in [-0.2, -0.15) is 0 Å². The highest BCUT2D eigenvalue weighted by Gasteiger charge is 2.20. The van der Waals surface area contributed by atoms with E-state index in [0.29, 0.717) is 12.3 Å². The Morgan fingerprint density at radius 1 is 1.42 bits per heavy atom. The summed E-state index contributed by atoms with van der Waals surface area (Å²) in [5.41, 5.74) is 3.30. The van der Waals surface area contributed by atoms with E-state index in [1.54, 1.807) is 0 Å². The van der Waals surface area contributed by atoms with Crippen molar-refractivity contribution < 1.29 is 4.79 Å². The summed E-state index contributed by atoms with van der Waals surface area (Å²) >= 11 is 0. The predicted octanol–water partition coefficient (Wildman–Crippen LogP) is 2.97. The van der Waals surface area contributed by atoms with Crippen molar-refractivity contribution in [2.24, 2.45) is 5.92 Å². The molecule has 1 atom stereocenters. The van der Waals surface area contributed by atoms with E-state index in [2.05, 4.69) is 30.3 Å². The normalized spacial score (nSPS) is 20.3. The molecule has 1 amide bonds. The van der Waals surface area contributed by atoms with Crippen LogP contribution in [-0.2, 0) is 4.79 Å². The van der Waals surface area contributed by atoms with E-state index in [0.717, 1.165) is 24.3 Å². The van der Waals surface area contributed by atoms with Gasteiger partial charge in [0.2, 0.25) is 5.91 Å². The molecule has 2 rings (SSSR count). The average molecular weight is 260 g/mol. The number of amides is 1. The molecule has 3 heteroatoms. The summed E-state index contributed by atoms with van der Waals surface area (Å²) in [6.07, 6.45) is 3.01. The molecular weight excluding hydrogens is 236 g/mol. The first-order valence-corrected chi connectivity index (χ1v) is 7.10. The lowest BCUT2D eigenvalue weighted by atomic mass is 9.95. The van der Waals surface area contributed by atoms with Crippen LogP contribution in [0.2, 0.25) is 0 Å². The van der Waals surface area contributed by atoms with Gasteiger partial charge in [0, 0.05) is 18.7 Å². The van der Waals surface area contributed by atoms with Gasteiger partial charge in [0.1, 0.15) is 0 Å². The minimum atomic E-state index is 0.146. The lowest BCUT2D eigenvalue weighted by Crippen LogP contribution is -2.34. The maximum absolute atomic E-state index is 12.1. The Hall–Kier alpha value is -1.35. The van der Waals surface area contributed by atoms with E-state index in [4.69, 9.17) is 0 Å². The topological polar surface area (TPSA) is 32.3 Å². The first-order chi connectivity index (χ1) is 9.04. The third kappa shape index (κ3) is 4.06. The Morgan fingerprint density at radius 3 is 2.89 bits per heavy atom. The Labute approximate surface area is 116 Å². The van der Waals surface area contributed by atoms with Gasteiger partial charge in [0.15, 0.2) is 0 Å². The first kappa shape index (κ1) is 14.1. The molecular formula is C16H24N2O. The number of rotatable bonds is 3. The van der Waals surface area contributed by atoms with Crippen LogP contribution in [0.25, 0.3) is 0 Å². The number of likely N-dealkylation sites (tertiary alicyclic amines) is 1. The molecule has 3 nitrogen and oxygen atoms in total. The molecule has 0 aliphatic carbocycles. The van der Waals surface area contributed by atoms with Gasteiger partial charge in [-0.3, -0.25) is 4.79 Å². The molecule has 1 saturated heterocycles. The molecule has 1 N–H and O–H groups in total. The van der Waals surface area contributed by atoms with Crippen molar-refractivity contribution >= 4 is 11.6 Å². The molecule has 1 fully saturated rings. The molecule has 0 saturated carbocycles. The Balaban J connectivity index is 1.90. The average Bonchev–Trinajstić information content (AvgIpc) is 2.33. The van der Waals surface area contributed by atoms with Crippen LogP contribution in [0.3, 0.4) is 0 Å². The highest BCUT2D eigenvalue weighted by atomic mass is 16.1. The molecule has 1 heterocycles. The summed E-state index contributed by atoms with van der Waals surface area (Å²) in [4.78, 5) is 14.4. The number of hydrogen-bond acceptors (Lipinski definition) is 2. The van der Waals surface area contributed by atoms with Crippen molar-refractivity contribution in [3.8, 4) is 0 Å². The van der Waals surface area contributed by atoms with Crippen LogP contribution in [0.5, 0.6) is 0 Å². The van der Waals surface area contributed by atoms with Crippen molar-refractivity contribution in [1.82, 2.24) is 4.90 Å². The quantitative estimate of drug-likeness (QED) is 0.906. The van der Waals surface area contributed by atoms with Crippen LogP contribution in [0.15, 0.2) is 18.2 Å². The van der Waals surface area contributed by atoms with Gasteiger partial charge in [-0.25, -0.2) is 0 Å². The second kappa shape index (κ2) is 6.20. The second-order valence-electron chi connectivity index (χ2n) is 5.84. The molecule has 1 aliphatic heterocycles. The van der Waals surface area contributed by atoms with E-state index in [1.807, 2.05) is 19.1 Å². The Kier molecular flexibility index (Phi) is 4.59. The fourth-order valence-electron chi connectivity index (χ4n) is 2.86. The first-order valence-electron chi connectivity index (χ1n) is 7.10. The Morgan fingerprint density at radius 2 is 2.21 bits per heavy atom. The van der Waals surface area contributed by atoms with Crippen molar-refractivity contribution in [2.75, 3.05) is 25.5 Å². The number of benzene rings is 1. The summed E-state index contributed by atoms with van der Waals surface area (Å²) in [6, 6.07) is 6.14. The highest BCUT2D eigenvalue weighted by molar-refractivity contribution is 5.91. The smallest absolute Gasteiger partial charge is 0.224 e. The van der Waals surface area contributed by atoms with Crippen molar-refractivity contribution in [3.05, 3.63) is 29.3 Å². The number of carbonyl (C=O) groups is 1.